The summed E-state index contributed by atoms with van der Waals surface area (Å²) in [6.45, 7) is 9.42. The third kappa shape index (κ3) is 13.1. The number of carbonyl (C=O) groups excluding carboxylic acids is 4. The average Bonchev–Trinajstić information content (AvgIpc) is 3.50. The number of unbranched alkanes of at least 4 members (excludes halogenated alkanes) is 2. The number of aliphatic carboxylic acids is 1. The zero-order valence-corrected chi connectivity index (χ0v) is 27.2. The normalized spacial score (nSPS) is 16.7. The van der Waals surface area contributed by atoms with Crippen molar-refractivity contribution in [3.63, 3.8) is 0 Å². The number of likely N-dealkylation sites (tertiary alicyclic amines) is 1. The second-order valence-corrected chi connectivity index (χ2v) is 12.4. The van der Waals surface area contributed by atoms with Gasteiger partial charge in [-0.15, -0.1) is 0 Å². The van der Waals surface area contributed by atoms with Crippen LogP contribution in [0.4, 0.5) is 0 Å². The predicted molar refractivity (Wildman–Crippen MR) is 171 cm³/mol. The van der Waals surface area contributed by atoms with Gasteiger partial charge < -0.3 is 37.0 Å². The summed E-state index contributed by atoms with van der Waals surface area (Å²) >= 11 is 0. The molecule has 1 aliphatic rings. The Morgan fingerprint density at radius 1 is 0.956 bits per heavy atom. The lowest BCUT2D eigenvalue weighted by molar-refractivity contribution is -0.149. The summed E-state index contributed by atoms with van der Waals surface area (Å²) in [5.74, 6) is -2.97. The molecule has 1 aromatic heterocycles. The van der Waals surface area contributed by atoms with Crippen LogP contribution < -0.4 is 27.0 Å². The van der Waals surface area contributed by atoms with Gasteiger partial charge in [0.05, 0.1) is 5.56 Å². The van der Waals surface area contributed by atoms with E-state index in [0.717, 1.165) is 13.0 Å². The first-order valence-electron chi connectivity index (χ1n) is 16.2. The molecule has 2 rings (SSSR count). The minimum Gasteiger partial charge on any atom is -0.480 e. The molecule has 0 radical (unpaired) electrons. The van der Waals surface area contributed by atoms with Crippen molar-refractivity contribution in [1.82, 2.24) is 31.2 Å². The van der Waals surface area contributed by atoms with Gasteiger partial charge in [-0.1, -0.05) is 27.7 Å². The minimum atomic E-state index is -1.06. The highest BCUT2D eigenvalue weighted by Gasteiger charge is 2.38. The number of nitrogens with two attached hydrogens (primary N) is 1. The van der Waals surface area contributed by atoms with E-state index < -0.39 is 53.8 Å². The topological polar surface area (TPSA) is 196 Å². The summed E-state index contributed by atoms with van der Waals surface area (Å²) in [5.41, 5.74) is 5.95. The number of rotatable bonds is 20. The SMILES string of the molecule is CC(C)C[C@H](NC(=O)[C@@H](CCCCN)NC(=O)c1cccnc1)C(=O)N[C@@H](CCCCNC(C)C)C(=O)N1CCC[C@H]1C(=O)O. The molecule has 7 N–H and O–H groups in total. The number of carbonyl (C=O) groups is 5. The number of nitrogens with zero attached hydrogens (tertiary/aromatic N) is 2. The van der Waals surface area contributed by atoms with E-state index in [0.29, 0.717) is 76.1 Å². The number of carboxylic acid groups (broad SMARTS) is 1. The van der Waals surface area contributed by atoms with E-state index >= 15 is 0 Å². The lowest BCUT2D eigenvalue weighted by atomic mass is 10.0. The number of hydrogen-bond acceptors (Lipinski definition) is 8. The Labute approximate surface area is 266 Å². The monoisotopic (exact) mass is 631 g/mol. The summed E-state index contributed by atoms with van der Waals surface area (Å²) in [7, 11) is 0. The molecule has 45 heavy (non-hydrogen) atoms. The fourth-order valence-corrected chi connectivity index (χ4v) is 5.36. The molecule has 2 heterocycles. The van der Waals surface area contributed by atoms with Crippen LogP contribution in [0.25, 0.3) is 0 Å². The van der Waals surface area contributed by atoms with Crippen molar-refractivity contribution < 1.29 is 29.1 Å². The van der Waals surface area contributed by atoms with Crippen molar-refractivity contribution in [3.05, 3.63) is 30.1 Å². The summed E-state index contributed by atoms with van der Waals surface area (Å²) in [4.78, 5) is 70.9. The van der Waals surface area contributed by atoms with Gasteiger partial charge in [0.25, 0.3) is 5.91 Å². The van der Waals surface area contributed by atoms with Gasteiger partial charge in [-0.05, 0) is 88.9 Å². The summed E-state index contributed by atoms with van der Waals surface area (Å²) in [5, 5.41) is 21.4. The highest BCUT2D eigenvalue weighted by molar-refractivity contribution is 5.98. The molecule has 1 fully saturated rings. The first-order valence-corrected chi connectivity index (χ1v) is 16.2. The zero-order valence-electron chi connectivity index (χ0n) is 27.2. The first-order chi connectivity index (χ1) is 21.4. The predicted octanol–water partition coefficient (Wildman–Crippen LogP) is 1.57. The van der Waals surface area contributed by atoms with Gasteiger partial charge in [-0.2, -0.15) is 0 Å². The molecule has 13 heteroatoms. The van der Waals surface area contributed by atoms with Crippen LogP contribution in [-0.4, -0.2) is 94.4 Å². The van der Waals surface area contributed by atoms with Crippen LogP contribution in [0.2, 0.25) is 0 Å². The Kier molecular flexibility index (Phi) is 16.5. The number of hydrogen-bond donors (Lipinski definition) is 6. The Balaban J connectivity index is 2.21. The third-order valence-corrected chi connectivity index (χ3v) is 7.74. The van der Waals surface area contributed by atoms with E-state index in [1.165, 1.54) is 11.1 Å². The van der Waals surface area contributed by atoms with E-state index in [1.54, 1.807) is 18.3 Å². The van der Waals surface area contributed by atoms with Crippen LogP contribution in [0.3, 0.4) is 0 Å². The quantitative estimate of drug-likeness (QED) is 0.116. The third-order valence-electron chi connectivity index (χ3n) is 7.74. The van der Waals surface area contributed by atoms with Crippen LogP contribution >= 0.6 is 0 Å². The maximum Gasteiger partial charge on any atom is 0.326 e. The summed E-state index contributed by atoms with van der Waals surface area (Å²) < 4.78 is 0. The Bertz CT molecular complexity index is 1100. The largest absolute Gasteiger partial charge is 0.480 e. The van der Waals surface area contributed by atoms with Crippen molar-refractivity contribution in [1.29, 1.82) is 0 Å². The molecular formula is C32H53N7O6. The number of pyridine rings is 1. The summed E-state index contributed by atoms with van der Waals surface area (Å²) in [6.07, 6.45) is 7.49. The average molecular weight is 632 g/mol. The highest BCUT2D eigenvalue weighted by atomic mass is 16.4. The fourth-order valence-electron chi connectivity index (χ4n) is 5.36. The van der Waals surface area contributed by atoms with Crippen LogP contribution in [-0.2, 0) is 19.2 Å². The van der Waals surface area contributed by atoms with Crippen molar-refractivity contribution >= 4 is 29.6 Å². The first kappa shape index (κ1) is 37.6. The van der Waals surface area contributed by atoms with E-state index in [-0.39, 0.29) is 5.92 Å². The van der Waals surface area contributed by atoms with Gasteiger partial charge in [-0.3, -0.25) is 24.2 Å². The minimum absolute atomic E-state index is 0.0213. The van der Waals surface area contributed by atoms with Crippen molar-refractivity contribution in [2.45, 2.75) is 116 Å². The number of nitrogens with one attached hydrogen (secondary N) is 4. The van der Waals surface area contributed by atoms with Crippen molar-refractivity contribution in [2.75, 3.05) is 19.6 Å². The number of carboxylic acids is 1. The molecule has 0 unspecified atom stereocenters. The number of aromatic nitrogens is 1. The van der Waals surface area contributed by atoms with Crippen molar-refractivity contribution in [2.24, 2.45) is 11.7 Å². The molecule has 1 aromatic rings. The molecule has 0 spiro atoms. The van der Waals surface area contributed by atoms with Gasteiger partial charge >= 0.3 is 5.97 Å². The Morgan fingerprint density at radius 2 is 1.62 bits per heavy atom. The van der Waals surface area contributed by atoms with Gasteiger partial charge in [-0.25, -0.2) is 4.79 Å². The molecule has 0 aromatic carbocycles. The van der Waals surface area contributed by atoms with Gasteiger partial charge in [0.2, 0.25) is 17.7 Å². The van der Waals surface area contributed by atoms with E-state index in [2.05, 4.69) is 26.3 Å². The van der Waals surface area contributed by atoms with Crippen LogP contribution in [0.1, 0.15) is 95.8 Å². The van der Waals surface area contributed by atoms with Gasteiger partial charge in [0.1, 0.15) is 24.2 Å². The number of amides is 4. The molecule has 252 valence electrons. The Morgan fingerprint density at radius 3 is 2.24 bits per heavy atom. The maximum absolute atomic E-state index is 13.7. The summed E-state index contributed by atoms with van der Waals surface area (Å²) in [6, 6.07) is -0.220. The van der Waals surface area contributed by atoms with Crippen molar-refractivity contribution in [3.8, 4) is 0 Å². The zero-order chi connectivity index (χ0) is 33.4. The smallest absolute Gasteiger partial charge is 0.326 e. The molecule has 1 saturated heterocycles. The molecule has 1 aliphatic heterocycles. The van der Waals surface area contributed by atoms with E-state index in [4.69, 9.17) is 5.73 Å². The molecule has 0 aliphatic carbocycles. The molecule has 4 amide bonds. The molecular weight excluding hydrogens is 578 g/mol. The molecule has 13 nitrogen and oxygen atoms in total. The highest BCUT2D eigenvalue weighted by Crippen LogP contribution is 2.20. The van der Waals surface area contributed by atoms with E-state index in [1.807, 2.05) is 27.7 Å². The standard InChI is InChI=1S/C32H53N7O6/c1-21(2)19-26(38-29(41)24(12-5-7-15-33)36-28(40)23-11-9-16-34-20-23)30(42)37-25(13-6-8-17-35-22(3)4)31(43)39-18-10-14-27(39)32(44)45/h9,11,16,20-22,24-27,35H,5-8,10,12-15,17-19,33H2,1-4H3,(H,36,40)(H,37,42)(H,38,41)(H,44,45)/t24-,25+,26+,27+/m1/s1. The van der Waals surface area contributed by atoms with Gasteiger partial charge in [0.15, 0.2) is 0 Å². The molecule has 0 saturated carbocycles. The molecule has 4 atom stereocenters. The second kappa shape index (κ2) is 19.7. The lowest BCUT2D eigenvalue weighted by Crippen LogP contribution is -2.58. The fraction of sp³-hybridized carbons (Fsp3) is 0.688. The van der Waals surface area contributed by atoms with Crippen LogP contribution in [0.15, 0.2) is 24.5 Å². The molecule has 0 bridgehead atoms. The second-order valence-electron chi connectivity index (χ2n) is 12.4. The van der Waals surface area contributed by atoms with Gasteiger partial charge in [0, 0.05) is 25.0 Å². The van der Waals surface area contributed by atoms with Crippen LogP contribution in [0, 0.1) is 5.92 Å². The van der Waals surface area contributed by atoms with E-state index in [9.17, 15) is 29.1 Å². The maximum atomic E-state index is 13.7. The Hall–Kier alpha value is -3.58. The lowest BCUT2D eigenvalue weighted by Gasteiger charge is -2.29. The van der Waals surface area contributed by atoms with Crippen LogP contribution in [0.5, 0.6) is 0 Å².